The molecule has 1 saturated carbocycles. The summed E-state index contributed by atoms with van der Waals surface area (Å²) in [5, 5.41) is 14.2. The Morgan fingerprint density at radius 1 is 1.15 bits per heavy atom. The van der Waals surface area contributed by atoms with Gasteiger partial charge in [0.1, 0.15) is 17.3 Å². The van der Waals surface area contributed by atoms with E-state index < -0.39 is 6.03 Å². The molecule has 0 radical (unpaired) electrons. The van der Waals surface area contributed by atoms with Crippen molar-refractivity contribution in [3.8, 4) is 5.69 Å². The molecule has 4 aromatic rings. The first-order valence-corrected chi connectivity index (χ1v) is 13.0. The highest BCUT2D eigenvalue weighted by Gasteiger charge is 2.42. The van der Waals surface area contributed by atoms with Crippen molar-refractivity contribution >= 4 is 28.8 Å². The molecule has 3 heterocycles. The van der Waals surface area contributed by atoms with Crippen LogP contribution in [0.5, 0.6) is 0 Å². The van der Waals surface area contributed by atoms with Crippen LogP contribution in [0.3, 0.4) is 0 Å². The molecule has 1 fully saturated rings. The number of rotatable bonds is 6. The van der Waals surface area contributed by atoms with Crippen molar-refractivity contribution < 1.29 is 9.18 Å². The summed E-state index contributed by atoms with van der Waals surface area (Å²) >= 11 is 0. The Kier molecular flexibility index (Phi) is 6.61. The highest BCUT2D eigenvalue weighted by Crippen LogP contribution is 2.40. The number of nitrogens with one attached hydrogen (secondary N) is 3. The SMILES string of the molecule is CNc1ncc2cc(C3CC3NC(=O)Nc3cc(C(C)(C)C)nn3-c3ccc(F)cc3)c(=O)n(C(C)C)c2n1. The van der Waals surface area contributed by atoms with Gasteiger partial charge in [0.05, 0.1) is 11.4 Å². The average molecular weight is 533 g/mol. The molecule has 11 heteroatoms. The van der Waals surface area contributed by atoms with Gasteiger partial charge in [0.15, 0.2) is 0 Å². The lowest BCUT2D eigenvalue weighted by molar-refractivity contribution is 0.251. The van der Waals surface area contributed by atoms with Gasteiger partial charge in [-0.3, -0.25) is 14.7 Å². The molecule has 3 N–H and O–H groups in total. The first kappa shape index (κ1) is 26.3. The second kappa shape index (κ2) is 9.79. The minimum absolute atomic E-state index is 0.100. The number of amides is 2. The monoisotopic (exact) mass is 532 g/mol. The molecule has 1 aromatic carbocycles. The lowest BCUT2D eigenvalue weighted by Gasteiger charge is -2.16. The van der Waals surface area contributed by atoms with Gasteiger partial charge in [-0.05, 0) is 50.6 Å². The van der Waals surface area contributed by atoms with Crippen molar-refractivity contribution in [3.05, 3.63) is 70.0 Å². The number of benzene rings is 1. The molecule has 0 aliphatic heterocycles. The summed E-state index contributed by atoms with van der Waals surface area (Å²) in [5.41, 5.74) is 2.24. The highest BCUT2D eigenvalue weighted by molar-refractivity contribution is 5.89. The maximum atomic E-state index is 13.5. The second-order valence-corrected chi connectivity index (χ2v) is 11.2. The van der Waals surface area contributed by atoms with E-state index in [2.05, 4.69) is 31.0 Å². The predicted molar refractivity (Wildman–Crippen MR) is 149 cm³/mol. The molecule has 10 nitrogen and oxygen atoms in total. The highest BCUT2D eigenvalue weighted by atomic mass is 19.1. The van der Waals surface area contributed by atoms with Crippen LogP contribution in [0.1, 0.15) is 64.3 Å². The van der Waals surface area contributed by atoms with Gasteiger partial charge < -0.3 is 10.6 Å². The van der Waals surface area contributed by atoms with E-state index >= 15 is 0 Å². The summed E-state index contributed by atoms with van der Waals surface area (Å²) in [7, 11) is 1.73. The van der Waals surface area contributed by atoms with Crippen LogP contribution in [-0.4, -0.2) is 43.4 Å². The molecule has 0 saturated heterocycles. The standard InChI is InChI=1S/C28H33FN8O2/c1-15(2)36-24-16(14-31-26(30-6)34-24)11-20(25(36)38)19-12-21(19)32-27(39)33-23-13-22(28(3,4)5)35-37(23)18-9-7-17(29)8-10-18/h7-11,13-15,19,21H,12H2,1-6H3,(H,30,31,34)(H2,32,33,39). The number of aromatic nitrogens is 5. The van der Waals surface area contributed by atoms with E-state index in [-0.39, 0.29) is 34.8 Å². The number of fused-ring (bicyclic) bond motifs is 1. The van der Waals surface area contributed by atoms with Gasteiger partial charge in [0.2, 0.25) is 5.95 Å². The number of hydrogen-bond acceptors (Lipinski definition) is 6. The van der Waals surface area contributed by atoms with Gasteiger partial charge in [-0.1, -0.05) is 20.8 Å². The maximum Gasteiger partial charge on any atom is 0.320 e. The zero-order chi connectivity index (χ0) is 28.1. The maximum absolute atomic E-state index is 13.5. The van der Waals surface area contributed by atoms with Crippen molar-refractivity contribution in [3.63, 3.8) is 0 Å². The fourth-order valence-electron chi connectivity index (χ4n) is 4.64. The van der Waals surface area contributed by atoms with E-state index in [1.807, 2.05) is 46.8 Å². The predicted octanol–water partition coefficient (Wildman–Crippen LogP) is 4.71. The Morgan fingerprint density at radius 3 is 2.51 bits per heavy atom. The Balaban J connectivity index is 1.37. The largest absolute Gasteiger partial charge is 0.357 e. The van der Waals surface area contributed by atoms with Gasteiger partial charge >= 0.3 is 6.03 Å². The third-order valence-corrected chi connectivity index (χ3v) is 6.84. The molecule has 204 valence electrons. The Hall–Kier alpha value is -4.28. The second-order valence-electron chi connectivity index (χ2n) is 11.2. The number of hydrogen-bond donors (Lipinski definition) is 3. The van der Waals surface area contributed by atoms with Crippen LogP contribution in [0.25, 0.3) is 16.7 Å². The molecule has 1 aliphatic carbocycles. The van der Waals surface area contributed by atoms with Crippen LogP contribution < -0.4 is 21.5 Å². The number of urea groups is 1. The summed E-state index contributed by atoms with van der Waals surface area (Å²) in [4.78, 5) is 35.3. The molecule has 0 spiro atoms. The lowest BCUT2D eigenvalue weighted by atomic mass is 9.92. The molecular formula is C28H33FN8O2. The van der Waals surface area contributed by atoms with Gasteiger partial charge in [-0.25, -0.2) is 18.9 Å². The van der Waals surface area contributed by atoms with Gasteiger partial charge in [0, 0.05) is 53.7 Å². The fraction of sp³-hybridized carbons (Fsp3) is 0.393. The van der Waals surface area contributed by atoms with E-state index in [1.165, 1.54) is 12.1 Å². The van der Waals surface area contributed by atoms with Crippen LogP contribution >= 0.6 is 0 Å². The normalized spacial score (nSPS) is 16.9. The van der Waals surface area contributed by atoms with E-state index in [4.69, 9.17) is 0 Å². The number of anilines is 2. The van der Waals surface area contributed by atoms with Crippen molar-refractivity contribution in [2.75, 3.05) is 17.7 Å². The van der Waals surface area contributed by atoms with Gasteiger partial charge in [0.25, 0.3) is 5.56 Å². The molecule has 5 rings (SSSR count). The smallest absolute Gasteiger partial charge is 0.320 e. The quantitative estimate of drug-likeness (QED) is 0.331. The number of halogens is 1. The third kappa shape index (κ3) is 5.21. The summed E-state index contributed by atoms with van der Waals surface area (Å²) in [6.45, 7) is 9.97. The molecule has 3 aromatic heterocycles. The zero-order valence-electron chi connectivity index (χ0n) is 22.9. The van der Waals surface area contributed by atoms with Gasteiger partial charge in [-0.2, -0.15) is 10.1 Å². The molecule has 2 atom stereocenters. The Labute approximate surface area is 225 Å². The average Bonchev–Trinajstić information content (AvgIpc) is 3.49. The van der Waals surface area contributed by atoms with Crippen LogP contribution in [0.15, 0.2) is 47.4 Å². The van der Waals surface area contributed by atoms with Crippen LogP contribution in [0, 0.1) is 5.82 Å². The molecule has 2 unspecified atom stereocenters. The number of carbonyl (C=O) groups is 1. The summed E-state index contributed by atoms with van der Waals surface area (Å²) in [6, 6.07) is 8.87. The van der Waals surface area contributed by atoms with Gasteiger partial charge in [-0.15, -0.1) is 0 Å². The topological polar surface area (TPSA) is 119 Å². The fourth-order valence-corrected chi connectivity index (χ4v) is 4.64. The van der Waals surface area contributed by atoms with E-state index in [9.17, 15) is 14.0 Å². The van der Waals surface area contributed by atoms with Crippen LogP contribution in [0.4, 0.5) is 21.0 Å². The van der Waals surface area contributed by atoms with Crippen LogP contribution in [0.2, 0.25) is 0 Å². The number of pyridine rings is 1. The molecule has 39 heavy (non-hydrogen) atoms. The summed E-state index contributed by atoms with van der Waals surface area (Å²) in [5.74, 6) is 0.440. The molecular weight excluding hydrogens is 499 g/mol. The summed E-state index contributed by atoms with van der Waals surface area (Å²) < 4.78 is 16.8. The van der Waals surface area contributed by atoms with E-state index in [0.29, 0.717) is 35.1 Å². The zero-order valence-corrected chi connectivity index (χ0v) is 22.9. The minimum atomic E-state index is -0.404. The number of carbonyl (C=O) groups excluding carboxylic acids is 1. The van der Waals surface area contributed by atoms with Crippen molar-refractivity contribution in [2.24, 2.45) is 0 Å². The van der Waals surface area contributed by atoms with Crippen molar-refractivity contribution in [1.82, 2.24) is 29.6 Å². The molecule has 0 bridgehead atoms. The minimum Gasteiger partial charge on any atom is -0.357 e. The Bertz CT molecular complexity index is 1600. The summed E-state index contributed by atoms with van der Waals surface area (Å²) in [6.07, 6.45) is 2.35. The Morgan fingerprint density at radius 2 is 1.87 bits per heavy atom. The van der Waals surface area contributed by atoms with E-state index in [0.717, 1.165) is 11.1 Å². The molecule has 1 aliphatic rings. The van der Waals surface area contributed by atoms with Crippen LogP contribution in [-0.2, 0) is 5.41 Å². The van der Waals surface area contributed by atoms with Crippen molar-refractivity contribution in [1.29, 1.82) is 0 Å². The first-order chi connectivity index (χ1) is 18.5. The van der Waals surface area contributed by atoms with Crippen molar-refractivity contribution in [2.45, 2.75) is 64.5 Å². The first-order valence-electron chi connectivity index (χ1n) is 13.0. The van der Waals surface area contributed by atoms with E-state index in [1.54, 1.807) is 34.6 Å². The third-order valence-electron chi connectivity index (χ3n) is 6.84. The number of nitrogens with zero attached hydrogens (tertiary/aromatic N) is 5. The lowest BCUT2D eigenvalue weighted by Crippen LogP contribution is -2.33. The molecule has 2 amide bonds.